The van der Waals surface area contributed by atoms with Crippen LogP contribution in [-0.2, 0) is 13.2 Å². The minimum atomic E-state index is 0.405. The van der Waals surface area contributed by atoms with Crippen molar-refractivity contribution < 1.29 is 4.74 Å². The number of hydrogen-bond acceptors (Lipinski definition) is 4. The number of benzene rings is 2. The summed E-state index contributed by atoms with van der Waals surface area (Å²) in [7, 11) is 4.37. The molecule has 3 aromatic rings. The standard InChI is InChI=1S/C24H30Cl2N4O/c1-28(2)20-10-14-29(15-11-20)12-3-13-30-23-9-6-19(26)16-22(23)27-24(30)17-31-21-7-4-18(25)5-8-21/h4-9,16,20H,3,10-15,17H2,1-2H3. The molecule has 0 radical (unpaired) electrons. The first-order valence-electron chi connectivity index (χ1n) is 10.9. The van der Waals surface area contributed by atoms with Crippen molar-refractivity contribution in [3.8, 4) is 5.75 Å². The van der Waals surface area contributed by atoms with Crippen LogP contribution in [-0.4, -0.2) is 59.1 Å². The Morgan fingerprint density at radius 1 is 1.00 bits per heavy atom. The molecule has 0 N–H and O–H groups in total. The molecule has 0 amide bonds. The van der Waals surface area contributed by atoms with Crippen LogP contribution >= 0.6 is 23.2 Å². The zero-order chi connectivity index (χ0) is 21.8. The third-order valence-electron chi connectivity index (χ3n) is 6.11. The fourth-order valence-corrected chi connectivity index (χ4v) is 4.60. The number of imidazole rings is 1. The molecule has 1 aromatic heterocycles. The van der Waals surface area contributed by atoms with E-state index in [0.717, 1.165) is 48.2 Å². The van der Waals surface area contributed by atoms with Crippen LogP contribution in [0.15, 0.2) is 42.5 Å². The topological polar surface area (TPSA) is 33.5 Å². The zero-order valence-corrected chi connectivity index (χ0v) is 19.7. The highest BCUT2D eigenvalue weighted by atomic mass is 35.5. The second kappa shape index (κ2) is 10.2. The smallest absolute Gasteiger partial charge is 0.147 e. The molecule has 0 bridgehead atoms. The quantitative estimate of drug-likeness (QED) is 0.454. The Kier molecular flexibility index (Phi) is 7.39. The van der Waals surface area contributed by atoms with Gasteiger partial charge in [-0.05, 0) is 95.5 Å². The Bertz CT molecular complexity index is 995. The molecule has 1 aliphatic heterocycles. The highest BCUT2D eigenvalue weighted by molar-refractivity contribution is 6.31. The van der Waals surface area contributed by atoms with Crippen molar-refractivity contribution in [1.82, 2.24) is 19.4 Å². The van der Waals surface area contributed by atoms with Gasteiger partial charge >= 0.3 is 0 Å². The number of nitrogens with zero attached hydrogens (tertiary/aromatic N) is 4. The minimum Gasteiger partial charge on any atom is -0.486 e. The van der Waals surface area contributed by atoms with Gasteiger partial charge in [-0.3, -0.25) is 0 Å². The lowest BCUT2D eigenvalue weighted by Gasteiger charge is -2.35. The van der Waals surface area contributed by atoms with E-state index in [1.54, 1.807) is 0 Å². The van der Waals surface area contributed by atoms with Gasteiger partial charge < -0.3 is 19.1 Å². The molecule has 2 heterocycles. The molecule has 1 saturated heterocycles. The van der Waals surface area contributed by atoms with Crippen LogP contribution < -0.4 is 4.74 Å². The molecule has 166 valence electrons. The molecule has 0 unspecified atom stereocenters. The van der Waals surface area contributed by atoms with Crippen LogP contribution in [0.25, 0.3) is 11.0 Å². The molecule has 1 fully saturated rings. The summed E-state index contributed by atoms with van der Waals surface area (Å²) in [5.41, 5.74) is 2.01. The van der Waals surface area contributed by atoms with Crippen LogP contribution in [0.1, 0.15) is 25.1 Å². The second-order valence-corrected chi connectivity index (χ2v) is 9.32. The maximum absolute atomic E-state index is 6.20. The molecular formula is C24H30Cl2N4O. The van der Waals surface area contributed by atoms with Gasteiger partial charge in [0.1, 0.15) is 18.2 Å². The van der Waals surface area contributed by atoms with Gasteiger partial charge in [0.25, 0.3) is 0 Å². The van der Waals surface area contributed by atoms with E-state index in [2.05, 4.69) is 34.5 Å². The summed E-state index contributed by atoms with van der Waals surface area (Å²) in [5.74, 6) is 1.70. The number of aromatic nitrogens is 2. The maximum Gasteiger partial charge on any atom is 0.147 e. The first kappa shape index (κ1) is 22.4. The van der Waals surface area contributed by atoms with E-state index < -0.39 is 0 Å². The number of piperidine rings is 1. The Balaban J connectivity index is 1.41. The predicted molar refractivity (Wildman–Crippen MR) is 128 cm³/mol. The summed E-state index contributed by atoms with van der Waals surface area (Å²) in [6.07, 6.45) is 3.58. The fraction of sp³-hybridized carbons (Fsp3) is 0.458. The molecule has 1 aliphatic rings. The molecule has 2 aromatic carbocycles. The van der Waals surface area contributed by atoms with Gasteiger partial charge in [0.15, 0.2) is 0 Å². The summed E-state index contributed by atoms with van der Waals surface area (Å²) < 4.78 is 8.26. The van der Waals surface area contributed by atoms with E-state index in [1.807, 2.05) is 36.4 Å². The third kappa shape index (κ3) is 5.72. The van der Waals surface area contributed by atoms with Gasteiger partial charge in [-0.25, -0.2) is 4.98 Å². The minimum absolute atomic E-state index is 0.405. The zero-order valence-electron chi connectivity index (χ0n) is 18.2. The van der Waals surface area contributed by atoms with Crippen molar-refractivity contribution >= 4 is 34.2 Å². The van der Waals surface area contributed by atoms with Crippen molar-refractivity contribution in [3.63, 3.8) is 0 Å². The largest absolute Gasteiger partial charge is 0.486 e. The van der Waals surface area contributed by atoms with Gasteiger partial charge in [0, 0.05) is 22.6 Å². The van der Waals surface area contributed by atoms with Crippen LogP contribution in [0.2, 0.25) is 10.0 Å². The van der Waals surface area contributed by atoms with Crippen molar-refractivity contribution in [1.29, 1.82) is 0 Å². The predicted octanol–water partition coefficient (Wildman–Crippen LogP) is 5.34. The van der Waals surface area contributed by atoms with E-state index >= 15 is 0 Å². The molecule has 31 heavy (non-hydrogen) atoms. The van der Waals surface area contributed by atoms with Gasteiger partial charge in [-0.2, -0.15) is 0 Å². The summed E-state index contributed by atoms with van der Waals surface area (Å²) >= 11 is 12.2. The molecule has 0 atom stereocenters. The van der Waals surface area contributed by atoms with Gasteiger partial charge in [-0.15, -0.1) is 0 Å². The summed E-state index contributed by atoms with van der Waals surface area (Å²) in [5, 5.41) is 1.40. The monoisotopic (exact) mass is 460 g/mol. The number of fused-ring (bicyclic) bond motifs is 1. The highest BCUT2D eigenvalue weighted by Gasteiger charge is 2.20. The summed E-state index contributed by atoms with van der Waals surface area (Å²) in [6.45, 7) is 4.77. The molecular weight excluding hydrogens is 431 g/mol. The number of aryl methyl sites for hydroxylation is 1. The number of likely N-dealkylation sites (tertiary alicyclic amines) is 1. The first-order valence-corrected chi connectivity index (χ1v) is 11.7. The molecule has 0 saturated carbocycles. The van der Waals surface area contributed by atoms with Crippen molar-refractivity contribution in [2.24, 2.45) is 0 Å². The number of rotatable bonds is 8. The van der Waals surface area contributed by atoms with Crippen molar-refractivity contribution in [2.75, 3.05) is 33.7 Å². The molecule has 4 rings (SSSR count). The normalized spacial score (nSPS) is 15.8. The fourth-order valence-electron chi connectivity index (χ4n) is 4.30. The van der Waals surface area contributed by atoms with Crippen molar-refractivity contribution in [3.05, 3.63) is 58.3 Å². The molecule has 5 nitrogen and oxygen atoms in total. The molecule has 0 spiro atoms. The van der Waals surface area contributed by atoms with E-state index in [4.69, 9.17) is 32.9 Å². The molecule has 7 heteroatoms. The summed E-state index contributed by atoms with van der Waals surface area (Å²) in [6, 6.07) is 14.0. The second-order valence-electron chi connectivity index (χ2n) is 8.45. The van der Waals surface area contributed by atoms with Crippen LogP contribution in [0, 0.1) is 0 Å². The number of ether oxygens (including phenoxy) is 1. The Labute approximate surface area is 194 Å². The van der Waals surface area contributed by atoms with Gasteiger partial charge in [-0.1, -0.05) is 23.2 Å². The highest BCUT2D eigenvalue weighted by Crippen LogP contribution is 2.23. The lowest BCUT2D eigenvalue weighted by atomic mass is 10.0. The lowest BCUT2D eigenvalue weighted by Crippen LogP contribution is -2.42. The lowest BCUT2D eigenvalue weighted by molar-refractivity contribution is 0.142. The Hall–Kier alpha value is -1.79. The Morgan fingerprint density at radius 3 is 2.42 bits per heavy atom. The van der Waals surface area contributed by atoms with E-state index in [0.29, 0.717) is 16.7 Å². The first-order chi connectivity index (χ1) is 15.0. The van der Waals surface area contributed by atoms with Crippen LogP contribution in [0.5, 0.6) is 5.75 Å². The number of halogens is 2. The Morgan fingerprint density at radius 2 is 1.71 bits per heavy atom. The van der Waals surface area contributed by atoms with Crippen LogP contribution in [0.3, 0.4) is 0 Å². The average molecular weight is 461 g/mol. The van der Waals surface area contributed by atoms with Gasteiger partial charge in [0.05, 0.1) is 11.0 Å². The maximum atomic E-state index is 6.20. The van der Waals surface area contributed by atoms with Crippen molar-refractivity contribution in [2.45, 2.75) is 38.5 Å². The van der Waals surface area contributed by atoms with E-state index in [-0.39, 0.29) is 0 Å². The van der Waals surface area contributed by atoms with E-state index in [9.17, 15) is 0 Å². The van der Waals surface area contributed by atoms with Crippen LogP contribution in [0.4, 0.5) is 0 Å². The number of hydrogen-bond donors (Lipinski definition) is 0. The molecule has 0 aliphatic carbocycles. The summed E-state index contributed by atoms with van der Waals surface area (Å²) in [4.78, 5) is 9.75. The SMILES string of the molecule is CN(C)C1CCN(CCCn2c(COc3ccc(Cl)cc3)nc3cc(Cl)ccc32)CC1. The third-order valence-corrected chi connectivity index (χ3v) is 6.60. The van der Waals surface area contributed by atoms with Gasteiger partial charge in [0.2, 0.25) is 0 Å². The average Bonchev–Trinajstić information content (AvgIpc) is 3.10. The van der Waals surface area contributed by atoms with E-state index in [1.165, 1.54) is 25.9 Å².